The minimum Gasteiger partial charge on any atom is -0.346 e. The van der Waals surface area contributed by atoms with Crippen LogP contribution in [0.3, 0.4) is 0 Å². The lowest BCUT2D eigenvalue weighted by molar-refractivity contribution is -0.137. The summed E-state index contributed by atoms with van der Waals surface area (Å²) in [5.41, 5.74) is -2.20. The van der Waals surface area contributed by atoms with Crippen molar-refractivity contribution in [2.75, 3.05) is 0 Å². The topological polar surface area (TPSA) is 124 Å². The van der Waals surface area contributed by atoms with Crippen LogP contribution in [0.5, 0.6) is 0 Å². The van der Waals surface area contributed by atoms with Gasteiger partial charge in [-0.15, -0.1) is 0 Å². The summed E-state index contributed by atoms with van der Waals surface area (Å²) >= 11 is 0. The molecule has 3 aromatic heterocycles. The highest BCUT2D eigenvalue weighted by molar-refractivity contribution is 5.88. The summed E-state index contributed by atoms with van der Waals surface area (Å²) < 4.78 is 42.3. The molecule has 2 N–H and O–H groups in total. The maximum Gasteiger partial charge on any atom is 0.417 e. The van der Waals surface area contributed by atoms with E-state index in [9.17, 15) is 22.8 Å². The number of nitrogens with one attached hydrogen (secondary N) is 2. The lowest BCUT2D eigenvalue weighted by Crippen LogP contribution is -2.33. The van der Waals surface area contributed by atoms with Crippen LogP contribution in [0.1, 0.15) is 59.9 Å². The number of nitrogens with zero attached hydrogens (tertiary/aromatic N) is 4. The molecule has 164 valence electrons. The van der Waals surface area contributed by atoms with Crippen LogP contribution in [-0.4, -0.2) is 25.8 Å². The van der Waals surface area contributed by atoms with E-state index in [2.05, 4.69) is 25.3 Å². The second-order valence-corrected chi connectivity index (χ2v) is 7.61. The molecule has 0 unspecified atom stereocenters. The lowest BCUT2D eigenvalue weighted by Gasteiger charge is -2.18. The van der Waals surface area contributed by atoms with Crippen molar-refractivity contribution in [3.63, 3.8) is 0 Å². The quantitative estimate of drug-likeness (QED) is 0.626. The van der Waals surface area contributed by atoms with Crippen molar-refractivity contribution in [1.82, 2.24) is 25.3 Å². The van der Waals surface area contributed by atoms with Crippen LogP contribution in [0.15, 0.2) is 29.5 Å². The van der Waals surface area contributed by atoms with Gasteiger partial charge in [-0.1, -0.05) is 0 Å². The molecule has 1 fully saturated rings. The number of rotatable bonds is 5. The third-order valence-corrected chi connectivity index (χ3v) is 5.20. The van der Waals surface area contributed by atoms with Crippen molar-refractivity contribution in [2.45, 2.75) is 44.3 Å². The Bertz CT molecular complexity index is 1290. The number of pyridine rings is 2. The van der Waals surface area contributed by atoms with Crippen LogP contribution in [-0.2, 0) is 17.4 Å². The van der Waals surface area contributed by atoms with Gasteiger partial charge in [-0.2, -0.15) is 18.4 Å². The Kier molecular flexibility index (Phi) is 5.38. The first kappa shape index (κ1) is 21.4. The van der Waals surface area contributed by atoms with Gasteiger partial charge in [0.15, 0.2) is 0 Å². The molecule has 0 aliphatic heterocycles. The number of aromatic nitrogens is 4. The molecular weight excluding hydrogens is 425 g/mol. The molecule has 1 aliphatic rings. The SMILES string of the molecule is C[C@H](NC(=O)Cc1c(C(F)(F)F)c2c(C3CC3)nccc2[nH]c1=O)c1ncc(C#N)cn1. The van der Waals surface area contributed by atoms with Crippen LogP contribution in [0.2, 0.25) is 0 Å². The Morgan fingerprint density at radius 1 is 1.31 bits per heavy atom. The molecule has 32 heavy (non-hydrogen) atoms. The molecule has 0 bridgehead atoms. The summed E-state index contributed by atoms with van der Waals surface area (Å²) in [4.78, 5) is 39.6. The summed E-state index contributed by atoms with van der Waals surface area (Å²) in [6.07, 6.45) is -0.268. The van der Waals surface area contributed by atoms with Gasteiger partial charge in [-0.25, -0.2) is 9.97 Å². The maximum absolute atomic E-state index is 14.1. The zero-order valence-corrected chi connectivity index (χ0v) is 16.8. The molecule has 1 amide bonds. The molecule has 0 saturated heterocycles. The molecule has 1 aliphatic carbocycles. The van der Waals surface area contributed by atoms with E-state index in [1.165, 1.54) is 24.7 Å². The van der Waals surface area contributed by atoms with Crippen molar-refractivity contribution < 1.29 is 18.0 Å². The fourth-order valence-electron chi connectivity index (χ4n) is 3.59. The Balaban J connectivity index is 1.70. The van der Waals surface area contributed by atoms with Crippen LogP contribution < -0.4 is 10.9 Å². The second kappa shape index (κ2) is 8.03. The number of alkyl halides is 3. The van der Waals surface area contributed by atoms with Gasteiger partial charge >= 0.3 is 6.18 Å². The van der Waals surface area contributed by atoms with E-state index in [0.717, 1.165) is 12.8 Å². The van der Waals surface area contributed by atoms with Crippen LogP contribution in [0, 0.1) is 11.3 Å². The Labute approximate surface area is 179 Å². The molecular formula is C21H17F3N6O2. The Morgan fingerprint density at radius 3 is 2.59 bits per heavy atom. The summed E-state index contributed by atoms with van der Waals surface area (Å²) in [6.45, 7) is 1.55. The second-order valence-electron chi connectivity index (χ2n) is 7.61. The van der Waals surface area contributed by atoms with Gasteiger partial charge in [-0.3, -0.25) is 14.6 Å². The van der Waals surface area contributed by atoms with Crippen molar-refractivity contribution in [3.8, 4) is 6.07 Å². The number of carbonyl (C=O) groups is 1. The normalized spacial score (nSPS) is 14.7. The summed E-state index contributed by atoms with van der Waals surface area (Å²) in [7, 11) is 0. The number of hydrogen-bond acceptors (Lipinski definition) is 6. The van der Waals surface area contributed by atoms with E-state index in [0.29, 0.717) is 0 Å². The molecule has 8 nitrogen and oxygen atoms in total. The number of halogens is 3. The molecule has 1 saturated carbocycles. The van der Waals surface area contributed by atoms with E-state index in [1.54, 1.807) is 6.92 Å². The van der Waals surface area contributed by atoms with Gasteiger partial charge in [0.2, 0.25) is 5.91 Å². The van der Waals surface area contributed by atoms with Gasteiger partial charge in [0.25, 0.3) is 5.56 Å². The Morgan fingerprint density at radius 2 is 2.00 bits per heavy atom. The zero-order valence-electron chi connectivity index (χ0n) is 16.8. The largest absolute Gasteiger partial charge is 0.417 e. The van der Waals surface area contributed by atoms with Gasteiger partial charge in [0.1, 0.15) is 11.9 Å². The maximum atomic E-state index is 14.1. The predicted molar refractivity (Wildman–Crippen MR) is 106 cm³/mol. The molecule has 0 aromatic carbocycles. The van der Waals surface area contributed by atoms with Gasteiger partial charge in [0, 0.05) is 35.5 Å². The fourth-order valence-corrected chi connectivity index (χ4v) is 3.59. The molecule has 0 spiro atoms. The first-order valence-corrected chi connectivity index (χ1v) is 9.81. The average Bonchev–Trinajstić information content (AvgIpc) is 3.58. The molecule has 3 aromatic rings. The van der Waals surface area contributed by atoms with Crippen LogP contribution in [0.4, 0.5) is 13.2 Å². The van der Waals surface area contributed by atoms with Crippen LogP contribution >= 0.6 is 0 Å². The smallest absolute Gasteiger partial charge is 0.346 e. The highest BCUT2D eigenvalue weighted by Gasteiger charge is 2.40. The van der Waals surface area contributed by atoms with E-state index in [4.69, 9.17) is 5.26 Å². The predicted octanol–water partition coefficient (Wildman–Crippen LogP) is 2.90. The summed E-state index contributed by atoms with van der Waals surface area (Å²) in [5.74, 6) is -0.709. The highest BCUT2D eigenvalue weighted by Crippen LogP contribution is 2.45. The van der Waals surface area contributed by atoms with Crippen molar-refractivity contribution >= 4 is 16.8 Å². The summed E-state index contributed by atoms with van der Waals surface area (Å²) in [6, 6.07) is 2.44. The molecule has 4 rings (SSSR count). The third kappa shape index (κ3) is 4.16. The average molecular weight is 442 g/mol. The van der Waals surface area contributed by atoms with E-state index in [1.807, 2.05) is 6.07 Å². The van der Waals surface area contributed by atoms with Crippen molar-refractivity contribution in [1.29, 1.82) is 5.26 Å². The number of nitriles is 1. The molecule has 0 radical (unpaired) electrons. The number of fused-ring (bicyclic) bond motifs is 1. The third-order valence-electron chi connectivity index (χ3n) is 5.20. The molecule has 1 atom stereocenters. The van der Waals surface area contributed by atoms with E-state index in [-0.39, 0.29) is 33.9 Å². The fraction of sp³-hybridized carbons (Fsp3) is 0.333. The van der Waals surface area contributed by atoms with Crippen molar-refractivity contribution in [2.24, 2.45) is 0 Å². The zero-order chi connectivity index (χ0) is 23.0. The standard InChI is InChI=1S/C21H17F3N6O2/c1-10(19-27-8-11(7-25)9-28-19)29-15(31)6-13-17(21(22,23)24)16-14(30-20(13)32)4-5-26-18(16)12-2-3-12/h4-5,8-10,12H,2-3,6H2,1H3,(H,29,31)(H,30,32)/t10-/m0/s1. The first-order chi connectivity index (χ1) is 15.2. The van der Waals surface area contributed by atoms with E-state index < -0.39 is 41.2 Å². The Hall–Kier alpha value is -3.81. The number of hydrogen-bond donors (Lipinski definition) is 2. The molecule has 11 heteroatoms. The van der Waals surface area contributed by atoms with Gasteiger partial charge in [0.05, 0.1) is 34.8 Å². The monoisotopic (exact) mass is 442 g/mol. The number of carbonyl (C=O) groups excluding carboxylic acids is 1. The number of H-pyrrole nitrogens is 1. The summed E-state index contributed by atoms with van der Waals surface area (Å²) in [5, 5.41) is 11.1. The minimum atomic E-state index is -4.85. The van der Waals surface area contributed by atoms with E-state index >= 15 is 0 Å². The number of amides is 1. The van der Waals surface area contributed by atoms with Gasteiger partial charge < -0.3 is 10.3 Å². The molecule has 3 heterocycles. The van der Waals surface area contributed by atoms with Crippen LogP contribution in [0.25, 0.3) is 10.9 Å². The number of aromatic amines is 1. The lowest BCUT2D eigenvalue weighted by atomic mass is 9.97. The highest BCUT2D eigenvalue weighted by atomic mass is 19.4. The first-order valence-electron chi connectivity index (χ1n) is 9.81. The van der Waals surface area contributed by atoms with Gasteiger partial charge in [-0.05, 0) is 25.8 Å². The minimum absolute atomic E-state index is 0.0442. The van der Waals surface area contributed by atoms with Crippen molar-refractivity contribution in [3.05, 3.63) is 63.2 Å².